The number of hydrogen-bond donors (Lipinski definition) is 0. The molecule has 6 heteroatoms. The summed E-state index contributed by atoms with van der Waals surface area (Å²) >= 11 is 0. The van der Waals surface area contributed by atoms with Gasteiger partial charge in [-0.2, -0.15) is 13.2 Å². The average Bonchev–Trinajstić information content (AvgIpc) is 2.48. The van der Waals surface area contributed by atoms with Gasteiger partial charge in [0.25, 0.3) is 0 Å². The van der Waals surface area contributed by atoms with Crippen LogP contribution in [-0.2, 0) is 8.98 Å². The molecule has 0 heterocycles. The molecule has 0 aliphatic heterocycles. The van der Waals surface area contributed by atoms with Crippen LogP contribution in [0.1, 0.15) is 0 Å². The largest absolute Gasteiger partial charge is 0.491 e. The highest BCUT2D eigenvalue weighted by Crippen LogP contribution is 2.61. The standard InChI is InChI=1S/C15H13F3O2S/c1-21(12-8-4-2-5-9-12,13-10-6-3-7-11-13)20-14(19)15(16,17)18/h2-11H,1H3. The molecule has 0 bridgehead atoms. The van der Waals surface area contributed by atoms with Crippen LogP contribution in [0.15, 0.2) is 70.5 Å². The van der Waals surface area contributed by atoms with Crippen LogP contribution in [0.3, 0.4) is 0 Å². The third kappa shape index (κ3) is 3.39. The minimum Gasteiger partial charge on any atom is -0.400 e. The van der Waals surface area contributed by atoms with Crippen molar-refractivity contribution in [1.82, 2.24) is 0 Å². The fourth-order valence-corrected chi connectivity index (χ4v) is 4.01. The highest BCUT2D eigenvalue weighted by molar-refractivity contribution is 8.29. The molecule has 2 rings (SSSR count). The lowest BCUT2D eigenvalue weighted by molar-refractivity contribution is -0.188. The van der Waals surface area contributed by atoms with E-state index in [0.29, 0.717) is 9.79 Å². The lowest BCUT2D eigenvalue weighted by atomic mass is 10.4. The number of hydrogen-bond acceptors (Lipinski definition) is 2. The number of alkyl halides is 3. The van der Waals surface area contributed by atoms with Crippen molar-refractivity contribution in [1.29, 1.82) is 0 Å². The maximum Gasteiger partial charge on any atom is 0.491 e. The SMILES string of the molecule is CS(OC(=O)C(F)(F)F)(c1ccccc1)c1ccccc1. The molecule has 0 aliphatic carbocycles. The Hall–Kier alpha value is -1.95. The van der Waals surface area contributed by atoms with Gasteiger partial charge in [-0.3, -0.25) is 0 Å². The second-order valence-corrected chi connectivity index (χ2v) is 7.14. The van der Waals surface area contributed by atoms with Gasteiger partial charge in [-0.25, -0.2) is 4.79 Å². The Morgan fingerprint density at radius 1 is 0.905 bits per heavy atom. The Morgan fingerprint density at radius 3 is 1.62 bits per heavy atom. The van der Waals surface area contributed by atoms with E-state index < -0.39 is 22.5 Å². The fraction of sp³-hybridized carbons (Fsp3) is 0.133. The molecule has 0 saturated heterocycles. The second kappa shape index (κ2) is 5.81. The minimum absolute atomic E-state index is 0.550. The maximum absolute atomic E-state index is 12.5. The molecule has 0 radical (unpaired) electrons. The third-order valence-electron chi connectivity index (χ3n) is 2.86. The Morgan fingerprint density at radius 2 is 1.29 bits per heavy atom. The van der Waals surface area contributed by atoms with E-state index in [0.717, 1.165) is 0 Å². The molecule has 0 aromatic heterocycles. The fourth-order valence-electron chi connectivity index (χ4n) is 1.79. The minimum atomic E-state index is -5.02. The summed E-state index contributed by atoms with van der Waals surface area (Å²) in [6, 6.07) is 16.9. The van der Waals surface area contributed by atoms with Gasteiger partial charge in [-0.05, 0) is 34.6 Å². The first-order valence-corrected chi connectivity index (χ1v) is 8.00. The Labute approximate surface area is 122 Å². The lowest BCUT2D eigenvalue weighted by Crippen LogP contribution is -2.27. The van der Waals surface area contributed by atoms with Crippen molar-refractivity contribution in [3.8, 4) is 0 Å². The quantitative estimate of drug-likeness (QED) is 0.830. The first-order valence-electron chi connectivity index (χ1n) is 6.03. The molecule has 0 unspecified atom stereocenters. The van der Waals surface area contributed by atoms with Crippen LogP contribution < -0.4 is 0 Å². The zero-order chi connectivity index (χ0) is 15.5. The van der Waals surface area contributed by atoms with Crippen LogP contribution in [0.25, 0.3) is 0 Å². The third-order valence-corrected chi connectivity index (χ3v) is 5.69. The molecule has 0 N–H and O–H groups in total. The molecule has 0 amide bonds. The molecule has 2 aromatic rings. The highest BCUT2D eigenvalue weighted by atomic mass is 32.3. The molecule has 2 aromatic carbocycles. The molecule has 112 valence electrons. The lowest BCUT2D eigenvalue weighted by Gasteiger charge is -2.35. The summed E-state index contributed by atoms with van der Waals surface area (Å²) < 4.78 is 42.5. The van der Waals surface area contributed by atoms with E-state index in [4.69, 9.17) is 4.18 Å². The van der Waals surface area contributed by atoms with Crippen molar-refractivity contribution in [2.24, 2.45) is 0 Å². The molecule has 2 nitrogen and oxygen atoms in total. The summed E-state index contributed by atoms with van der Waals surface area (Å²) in [7, 11) is -2.55. The predicted octanol–water partition coefficient (Wildman–Crippen LogP) is 4.56. The smallest absolute Gasteiger partial charge is 0.400 e. The van der Waals surface area contributed by atoms with Gasteiger partial charge in [0.2, 0.25) is 0 Å². The average molecular weight is 314 g/mol. The first kappa shape index (κ1) is 15.4. The van der Waals surface area contributed by atoms with E-state index in [-0.39, 0.29) is 0 Å². The summed E-state index contributed by atoms with van der Waals surface area (Å²) in [5, 5.41) is 0. The van der Waals surface area contributed by atoms with Gasteiger partial charge in [0.1, 0.15) is 0 Å². The van der Waals surface area contributed by atoms with Gasteiger partial charge in [0, 0.05) is 16.0 Å². The Bertz CT molecular complexity index is 572. The van der Waals surface area contributed by atoms with Crippen molar-refractivity contribution in [3.63, 3.8) is 0 Å². The summed E-state index contributed by atoms with van der Waals surface area (Å²) in [6.45, 7) is 0. The number of benzene rings is 2. The molecule has 0 aliphatic rings. The Balaban J connectivity index is 2.48. The molecule has 0 spiro atoms. The summed E-state index contributed by atoms with van der Waals surface area (Å²) in [6.07, 6.45) is -3.49. The van der Waals surface area contributed by atoms with Gasteiger partial charge >= 0.3 is 12.1 Å². The zero-order valence-electron chi connectivity index (χ0n) is 11.1. The number of halogens is 3. The van der Waals surface area contributed by atoms with Gasteiger partial charge < -0.3 is 4.18 Å². The highest BCUT2D eigenvalue weighted by Gasteiger charge is 2.44. The number of rotatable bonds is 3. The van der Waals surface area contributed by atoms with E-state index in [1.807, 2.05) is 0 Å². The van der Waals surface area contributed by atoms with E-state index in [2.05, 4.69) is 0 Å². The number of carbonyl (C=O) groups excluding carboxylic acids is 1. The second-order valence-electron chi connectivity index (χ2n) is 4.34. The summed E-state index contributed by atoms with van der Waals surface area (Å²) in [5.74, 6) is -2.17. The summed E-state index contributed by atoms with van der Waals surface area (Å²) in [4.78, 5) is 12.4. The van der Waals surface area contributed by atoms with Crippen molar-refractivity contribution in [3.05, 3.63) is 60.7 Å². The summed E-state index contributed by atoms with van der Waals surface area (Å²) in [5.41, 5.74) is 0. The van der Waals surface area contributed by atoms with Crippen LogP contribution >= 0.6 is 10.3 Å². The van der Waals surface area contributed by atoms with Crippen molar-refractivity contribution < 1.29 is 22.1 Å². The van der Waals surface area contributed by atoms with Gasteiger partial charge in [-0.1, -0.05) is 36.4 Å². The van der Waals surface area contributed by atoms with E-state index in [1.54, 1.807) is 60.7 Å². The van der Waals surface area contributed by atoms with Crippen molar-refractivity contribution in [2.75, 3.05) is 6.26 Å². The molecular formula is C15H13F3O2S. The molecule has 0 saturated carbocycles. The predicted molar refractivity (Wildman–Crippen MR) is 75.1 cm³/mol. The van der Waals surface area contributed by atoms with Crippen LogP contribution in [0.5, 0.6) is 0 Å². The zero-order valence-corrected chi connectivity index (χ0v) is 11.9. The first-order chi connectivity index (χ1) is 9.84. The van der Waals surface area contributed by atoms with Crippen LogP contribution in [-0.4, -0.2) is 18.4 Å². The van der Waals surface area contributed by atoms with Crippen LogP contribution in [0, 0.1) is 0 Å². The van der Waals surface area contributed by atoms with Gasteiger partial charge in [-0.15, -0.1) is 0 Å². The van der Waals surface area contributed by atoms with E-state index >= 15 is 0 Å². The van der Waals surface area contributed by atoms with Crippen LogP contribution in [0.4, 0.5) is 13.2 Å². The molecule has 0 atom stereocenters. The van der Waals surface area contributed by atoms with E-state index in [1.165, 1.54) is 6.26 Å². The monoisotopic (exact) mass is 314 g/mol. The van der Waals surface area contributed by atoms with Gasteiger partial charge in [0.05, 0.1) is 0 Å². The Kier molecular flexibility index (Phi) is 4.27. The normalized spacial score (nSPS) is 12.8. The van der Waals surface area contributed by atoms with Crippen molar-refractivity contribution in [2.45, 2.75) is 16.0 Å². The number of carbonyl (C=O) groups is 1. The van der Waals surface area contributed by atoms with Crippen LogP contribution in [0.2, 0.25) is 0 Å². The molecule has 0 fully saturated rings. The topological polar surface area (TPSA) is 26.3 Å². The van der Waals surface area contributed by atoms with Gasteiger partial charge in [0.15, 0.2) is 0 Å². The molecule has 21 heavy (non-hydrogen) atoms. The maximum atomic E-state index is 12.5. The van der Waals surface area contributed by atoms with Crippen molar-refractivity contribution >= 4 is 16.3 Å². The van der Waals surface area contributed by atoms with E-state index in [9.17, 15) is 18.0 Å². The molecular weight excluding hydrogens is 301 g/mol.